The summed E-state index contributed by atoms with van der Waals surface area (Å²) in [4.78, 5) is 11.2. The third-order valence-corrected chi connectivity index (χ3v) is 4.55. The van der Waals surface area contributed by atoms with Crippen molar-refractivity contribution in [3.63, 3.8) is 0 Å². The molecule has 0 bridgehead atoms. The molecular weight excluding hydrogens is 285 g/mol. The number of ether oxygens (including phenoxy) is 1. The Hall–Kier alpha value is -1.47. The molecule has 0 aromatic heterocycles. The van der Waals surface area contributed by atoms with E-state index in [1.807, 2.05) is 6.92 Å². The van der Waals surface area contributed by atoms with Crippen molar-refractivity contribution in [2.75, 3.05) is 7.11 Å². The van der Waals surface area contributed by atoms with Crippen LogP contribution in [-0.4, -0.2) is 27.5 Å². The molecule has 7 heteroatoms. The van der Waals surface area contributed by atoms with E-state index < -0.39 is 32.7 Å². The van der Waals surface area contributed by atoms with Gasteiger partial charge in [-0.2, -0.15) is 4.72 Å². The van der Waals surface area contributed by atoms with Crippen molar-refractivity contribution in [1.82, 2.24) is 4.72 Å². The molecule has 2 unspecified atom stereocenters. The van der Waals surface area contributed by atoms with Gasteiger partial charge in [0, 0.05) is 0 Å². The van der Waals surface area contributed by atoms with E-state index in [-0.39, 0.29) is 5.92 Å². The molecule has 0 radical (unpaired) electrons. The fraction of sp³-hybridized carbons (Fsp3) is 0.462. The third-order valence-electron chi connectivity index (χ3n) is 3.08. The fourth-order valence-corrected chi connectivity index (χ4v) is 3.02. The summed E-state index contributed by atoms with van der Waals surface area (Å²) in [5.74, 6) is -1.84. The van der Waals surface area contributed by atoms with Crippen LogP contribution in [0.2, 0.25) is 0 Å². The van der Waals surface area contributed by atoms with Gasteiger partial charge in [0.05, 0.1) is 7.11 Å². The molecule has 1 aromatic rings. The number of benzene rings is 1. The van der Waals surface area contributed by atoms with Crippen molar-refractivity contribution in [1.29, 1.82) is 0 Å². The largest absolute Gasteiger partial charge is 0.468 e. The molecule has 5 nitrogen and oxygen atoms in total. The topological polar surface area (TPSA) is 72.5 Å². The minimum atomic E-state index is -4.13. The average molecular weight is 303 g/mol. The second-order valence-corrected chi connectivity index (χ2v) is 6.12. The summed E-state index contributed by atoms with van der Waals surface area (Å²) < 4.78 is 44.7. The van der Waals surface area contributed by atoms with Gasteiger partial charge >= 0.3 is 5.97 Å². The Kier molecular flexibility index (Phi) is 5.64. The number of sulfonamides is 1. The van der Waals surface area contributed by atoms with E-state index in [9.17, 15) is 17.6 Å². The number of carbonyl (C=O) groups is 1. The van der Waals surface area contributed by atoms with Crippen molar-refractivity contribution in [3.05, 3.63) is 30.1 Å². The van der Waals surface area contributed by atoms with Crippen LogP contribution in [0.4, 0.5) is 4.39 Å². The van der Waals surface area contributed by atoms with E-state index in [2.05, 4.69) is 9.46 Å². The molecule has 0 aliphatic rings. The van der Waals surface area contributed by atoms with Gasteiger partial charge in [-0.15, -0.1) is 0 Å². The Morgan fingerprint density at radius 1 is 1.40 bits per heavy atom. The van der Waals surface area contributed by atoms with Crippen LogP contribution in [0.3, 0.4) is 0 Å². The van der Waals surface area contributed by atoms with Crippen molar-refractivity contribution in [3.8, 4) is 0 Å². The van der Waals surface area contributed by atoms with E-state index in [4.69, 9.17) is 0 Å². The van der Waals surface area contributed by atoms with Gasteiger partial charge in [0.1, 0.15) is 16.8 Å². The second kappa shape index (κ2) is 6.81. The van der Waals surface area contributed by atoms with E-state index >= 15 is 0 Å². The lowest BCUT2D eigenvalue weighted by Gasteiger charge is -2.21. The first-order valence-electron chi connectivity index (χ1n) is 6.18. The molecule has 1 aromatic carbocycles. The number of carbonyl (C=O) groups excluding carboxylic acids is 1. The Morgan fingerprint density at radius 2 is 2.00 bits per heavy atom. The van der Waals surface area contributed by atoms with Crippen molar-refractivity contribution >= 4 is 16.0 Å². The Bertz CT molecular complexity index is 573. The number of halogens is 1. The second-order valence-electron chi connectivity index (χ2n) is 4.44. The van der Waals surface area contributed by atoms with Crippen molar-refractivity contribution in [2.24, 2.45) is 5.92 Å². The van der Waals surface area contributed by atoms with E-state index in [1.165, 1.54) is 19.2 Å². The molecule has 20 heavy (non-hydrogen) atoms. The first-order chi connectivity index (χ1) is 9.33. The highest BCUT2D eigenvalue weighted by molar-refractivity contribution is 7.89. The molecule has 0 saturated carbocycles. The number of esters is 1. The maximum absolute atomic E-state index is 13.6. The van der Waals surface area contributed by atoms with Crippen LogP contribution in [-0.2, 0) is 19.6 Å². The Labute approximate surface area is 118 Å². The first-order valence-corrected chi connectivity index (χ1v) is 7.66. The van der Waals surface area contributed by atoms with Crippen LogP contribution in [0.25, 0.3) is 0 Å². The SMILES string of the molecule is CCC(C)C(NS(=O)(=O)c1ccccc1F)C(=O)OC. The minimum Gasteiger partial charge on any atom is -0.468 e. The van der Waals surface area contributed by atoms with Gasteiger partial charge < -0.3 is 4.74 Å². The number of hydrogen-bond donors (Lipinski definition) is 1. The molecule has 0 fully saturated rings. The first kappa shape index (κ1) is 16.6. The summed E-state index contributed by atoms with van der Waals surface area (Å²) in [6.45, 7) is 3.53. The van der Waals surface area contributed by atoms with Gasteiger partial charge in [0.2, 0.25) is 10.0 Å². The summed E-state index contributed by atoms with van der Waals surface area (Å²) in [5.41, 5.74) is 0. The van der Waals surface area contributed by atoms with Gasteiger partial charge in [-0.05, 0) is 18.1 Å². The highest BCUT2D eigenvalue weighted by Gasteiger charge is 2.31. The van der Waals surface area contributed by atoms with Gasteiger partial charge in [-0.3, -0.25) is 4.79 Å². The summed E-state index contributed by atoms with van der Waals surface area (Å²) in [6.07, 6.45) is 0.569. The van der Waals surface area contributed by atoms with Crippen molar-refractivity contribution in [2.45, 2.75) is 31.2 Å². The van der Waals surface area contributed by atoms with Crippen LogP contribution in [0.1, 0.15) is 20.3 Å². The predicted octanol–water partition coefficient (Wildman–Crippen LogP) is 1.69. The van der Waals surface area contributed by atoms with Crippen LogP contribution < -0.4 is 4.72 Å². The monoisotopic (exact) mass is 303 g/mol. The quantitative estimate of drug-likeness (QED) is 0.812. The minimum absolute atomic E-state index is 0.274. The molecule has 0 spiro atoms. The fourth-order valence-electron chi connectivity index (χ4n) is 1.65. The van der Waals surface area contributed by atoms with Gasteiger partial charge in [-0.25, -0.2) is 12.8 Å². The molecule has 0 heterocycles. The Morgan fingerprint density at radius 3 is 2.50 bits per heavy atom. The van der Waals surface area contributed by atoms with E-state index in [1.54, 1.807) is 6.92 Å². The average Bonchev–Trinajstić information content (AvgIpc) is 2.43. The molecule has 0 aliphatic carbocycles. The molecule has 0 saturated heterocycles. The lowest BCUT2D eigenvalue weighted by atomic mass is 10.0. The highest BCUT2D eigenvalue weighted by atomic mass is 32.2. The number of methoxy groups -OCH3 is 1. The standard InChI is InChI=1S/C13H18FNO4S/c1-4-9(2)12(13(16)19-3)15-20(17,18)11-8-6-5-7-10(11)14/h5-9,12,15H,4H2,1-3H3. The zero-order chi connectivity index (χ0) is 15.3. The third kappa shape index (κ3) is 3.77. The molecule has 0 aliphatic heterocycles. The number of nitrogens with one attached hydrogen (secondary N) is 1. The number of rotatable bonds is 6. The van der Waals surface area contributed by atoms with Crippen molar-refractivity contribution < 1.29 is 22.3 Å². The van der Waals surface area contributed by atoms with E-state index in [0.717, 1.165) is 12.1 Å². The molecular formula is C13H18FNO4S. The van der Waals surface area contributed by atoms with Crippen LogP contribution in [0.5, 0.6) is 0 Å². The predicted molar refractivity (Wildman–Crippen MR) is 72.0 cm³/mol. The zero-order valence-electron chi connectivity index (χ0n) is 11.6. The maximum Gasteiger partial charge on any atom is 0.324 e. The highest BCUT2D eigenvalue weighted by Crippen LogP contribution is 2.17. The zero-order valence-corrected chi connectivity index (χ0v) is 12.4. The summed E-state index contributed by atoms with van der Waals surface area (Å²) in [6, 6.07) is 3.94. The summed E-state index contributed by atoms with van der Waals surface area (Å²) in [5, 5.41) is 0. The van der Waals surface area contributed by atoms with E-state index in [0.29, 0.717) is 6.42 Å². The molecule has 0 amide bonds. The number of hydrogen-bond acceptors (Lipinski definition) is 4. The van der Waals surface area contributed by atoms with Gasteiger partial charge in [0.15, 0.2) is 0 Å². The lowest BCUT2D eigenvalue weighted by molar-refractivity contribution is -0.143. The lowest BCUT2D eigenvalue weighted by Crippen LogP contribution is -2.45. The van der Waals surface area contributed by atoms with Gasteiger partial charge in [-0.1, -0.05) is 32.4 Å². The molecule has 1 N–H and O–H groups in total. The smallest absolute Gasteiger partial charge is 0.324 e. The van der Waals surface area contributed by atoms with Crippen LogP contribution >= 0.6 is 0 Å². The summed E-state index contributed by atoms with van der Waals surface area (Å²) >= 11 is 0. The van der Waals surface area contributed by atoms with Crippen LogP contribution in [0.15, 0.2) is 29.2 Å². The molecule has 112 valence electrons. The molecule has 2 atom stereocenters. The van der Waals surface area contributed by atoms with Gasteiger partial charge in [0.25, 0.3) is 0 Å². The van der Waals surface area contributed by atoms with Crippen LogP contribution in [0, 0.1) is 11.7 Å². The molecule has 1 rings (SSSR count). The Balaban J connectivity index is 3.10. The maximum atomic E-state index is 13.6. The normalized spacial score (nSPS) is 14.6. The summed E-state index contributed by atoms with van der Waals surface area (Å²) in [7, 11) is -2.95.